The number of carbonyl (C=O) groups is 1. The monoisotopic (exact) mass is 520 g/mol. The standard InChI is InChI=1S/C35H69NO/c1-4-6-8-10-12-14-16-18-20-21-23-25-27-29-31-33-35(37)36(3)34-32-30-28-26-24-22-19-17-15-13-11-9-7-5-2/h18,20H,4-17,19,21-34H2,1-3H3/b20-18-. The van der Waals surface area contributed by atoms with Crippen molar-refractivity contribution in [2.24, 2.45) is 0 Å². The van der Waals surface area contributed by atoms with Gasteiger partial charge in [-0.05, 0) is 38.5 Å². The SMILES string of the molecule is CCCCCCCC/C=C\CCCCCCCC(=O)N(C)CCCCCCCCCCCCCCCC. The Morgan fingerprint density at radius 1 is 0.459 bits per heavy atom. The zero-order valence-electron chi connectivity index (χ0n) is 26.0. The summed E-state index contributed by atoms with van der Waals surface area (Å²) in [6, 6.07) is 0. The fourth-order valence-electron chi connectivity index (χ4n) is 5.21. The first-order chi connectivity index (χ1) is 18.2. The number of nitrogens with zero attached hydrogens (tertiary/aromatic N) is 1. The van der Waals surface area contributed by atoms with Crippen molar-refractivity contribution >= 4 is 5.91 Å². The maximum atomic E-state index is 12.4. The summed E-state index contributed by atoms with van der Waals surface area (Å²) in [7, 11) is 2.00. The van der Waals surface area contributed by atoms with Crippen molar-refractivity contribution in [3.05, 3.63) is 12.2 Å². The van der Waals surface area contributed by atoms with Crippen LogP contribution in [0.4, 0.5) is 0 Å². The predicted molar refractivity (Wildman–Crippen MR) is 167 cm³/mol. The smallest absolute Gasteiger partial charge is 0.222 e. The van der Waals surface area contributed by atoms with Crippen molar-refractivity contribution < 1.29 is 4.79 Å². The summed E-state index contributed by atoms with van der Waals surface area (Å²) in [6.45, 7) is 5.52. The van der Waals surface area contributed by atoms with Gasteiger partial charge in [0.15, 0.2) is 0 Å². The van der Waals surface area contributed by atoms with Crippen LogP contribution in [0.2, 0.25) is 0 Å². The quantitative estimate of drug-likeness (QED) is 0.0682. The molecule has 0 aliphatic heterocycles. The Kier molecular flexibility index (Phi) is 30.8. The summed E-state index contributed by atoms with van der Waals surface area (Å²) < 4.78 is 0. The maximum Gasteiger partial charge on any atom is 0.222 e. The van der Waals surface area contributed by atoms with Crippen molar-refractivity contribution in [2.45, 2.75) is 194 Å². The van der Waals surface area contributed by atoms with Gasteiger partial charge >= 0.3 is 0 Å². The molecule has 37 heavy (non-hydrogen) atoms. The van der Waals surface area contributed by atoms with Crippen molar-refractivity contribution in [1.29, 1.82) is 0 Å². The van der Waals surface area contributed by atoms with E-state index in [1.54, 1.807) is 0 Å². The average Bonchev–Trinajstić information content (AvgIpc) is 2.90. The Morgan fingerprint density at radius 2 is 0.784 bits per heavy atom. The van der Waals surface area contributed by atoms with Gasteiger partial charge in [0.2, 0.25) is 5.91 Å². The Labute approximate surface area is 234 Å². The molecule has 220 valence electrons. The van der Waals surface area contributed by atoms with Crippen LogP contribution in [0.3, 0.4) is 0 Å². The molecule has 0 atom stereocenters. The molecule has 0 unspecified atom stereocenters. The second-order valence-corrected chi connectivity index (χ2v) is 11.7. The Bertz CT molecular complexity index is 472. The Morgan fingerprint density at radius 3 is 1.19 bits per heavy atom. The van der Waals surface area contributed by atoms with Gasteiger partial charge in [-0.3, -0.25) is 4.79 Å². The van der Waals surface area contributed by atoms with Crippen molar-refractivity contribution in [2.75, 3.05) is 13.6 Å². The van der Waals surface area contributed by atoms with Gasteiger partial charge < -0.3 is 4.90 Å². The summed E-state index contributed by atoms with van der Waals surface area (Å²) in [6.07, 6.45) is 42.0. The van der Waals surface area contributed by atoms with E-state index in [0.29, 0.717) is 5.91 Å². The van der Waals surface area contributed by atoms with Crippen LogP contribution in [0.1, 0.15) is 194 Å². The number of amides is 1. The molecular formula is C35H69NO. The highest BCUT2D eigenvalue weighted by molar-refractivity contribution is 5.75. The molecule has 0 saturated carbocycles. The number of hydrogen-bond donors (Lipinski definition) is 0. The topological polar surface area (TPSA) is 20.3 Å². The molecule has 0 aromatic rings. The molecule has 2 heteroatoms. The minimum Gasteiger partial charge on any atom is -0.346 e. The van der Waals surface area contributed by atoms with E-state index in [9.17, 15) is 4.79 Å². The molecule has 0 aromatic carbocycles. The molecular weight excluding hydrogens is 450 g/mol. The average molecular weight is 520 g/mol. The second kappa shape index (κ2) is 31.4. The lowest BCUT2D eigenvalue weighted by molar-refractivity contribution is -0.130. The zero-order chi connectivity index (χ0) is 27.1. The van der Waals surface area contributed by atoms with Crippen LogP contribution < -0.4 is 0 Å². The first-order valence-electron chi connectivity index (χ1n) is 17.1. The van der Waals surface area contributed by atoms with Gasteiger partial charge in [0.1, 0.15) is 0 Å². The summed E-state index contributed by atoms with van der Waals surface area (Å²) >= 11 is 0. The lowest BCUT2D eigenvalue weighted by Gasteiger charge is -2.17. The third-order valence-electron chi connectivity index (χ3n) is 7.93. The molecule has 0 aliphatic carbocycles. The van der Waals surface area contributed by atoms with Gasteiger partial charge in [-0.1, -0.05) is 161 Å². The van der Waals surface area contributed by atoms with Gasteiger partial charge in [0.05, 0.1) is 0 Å². The number of carbonyl (C=O) groups excluding carboxylic acids is 1. The van der Waals surface area contributed by atoms with Crippen LogP contribution in [-0.2, 0) is 4.79 Å². The van der Waals surface area contributed by atoms with Crippen molar-refractivity contribution in [1.82, 2.24) is 4.90 Å². The van der Waals surface area contributed by atoms with Gasteiger partial charge in [0.25, 0.3) is 0 Å². The van der Waals surface area contributed by atoms with Gasteiger partial charge in [-0.2, -0.15) is 0 Å². The highest BCUT2D eigenvalue weighted by Crippen LogP contribution is 2.14. The third kappa shape index (κ3) is 29.6. The summed E-state index contributed by atoms with van der Waals surface area (Å²) in [5, 5.41) is 0. The molecule has 0 heterocycles. The fraction of sp³-hybridized carbons (Fsp3) is 0.914. The lowest BCUT2D eigenvalue weighted by atomic mass is 10.0. The molecule has 0 radical (unpaired) electrons. The predicted octanol–water partition coefficient (Wildman–Crippen LogP) is 12.0. The van der Waals surface area contributed by atoms with Crippen LogP contribution in [0.15, 0.2) is 12.2 Å². The van der Waals surface area contributed by atoms with Crippen LogP contribution >= 0.6 is 0 Å². The number of hydrogen-bond acceptors (Lipinski definition) is 1. The number of unbranched alkanes of at least 4 members (excludes halogenated alkanes) is 24. The van der Waals surface area contributed by atoms with Crippen LogP contribution in [0.5, 0.6) is 0 Å². The molecule has 0 rings (SSSR count). The van der Waals surface area contributed by atoms with Gasteiger partial charge in [0, 0.05) is 20.0 Å². The summed E-state index contributed by atoms with van der Waals surface area (Å²) in [5.41, 5.74) is 0. The van der Waals surface area contributed by atoms with E-state index in [2.05, 4.69) is 26.0 Å². The largest absolute Gasteiger partial charge is 0.346 e. The van der Waals surface area contributed by atoms with Crippen molar-refractivity contribution in [3.63, 3.8) is 0 Å². The van der Waals surface area contributed by atoms with E-state index in [1.807, 2.05) is 11.9 Å². The van der Waals surface area contributed by atoms with E-state index in [1.165, 1.54) is 167 Å². The molecule has 1 amide bonds. The molecule has 0 spiro atoms. The van der Waals surface area contributed by atoms with Crippen LogP contribution in [0.25, 0.3) is 0 Å². The normalized spacial score (nSPS) is 11.5. The Balaban J connectivity index is 3.33. The van der Waals surface area contributed by atoms with Crippen LogP contribution in [-0.4, -0.2) is 24.4 Å². The van der Waals surface area contributed by atoms with Gasteiger partial charge in [-0.15, -0.1) is 0 Å². The fourth-order valence-corrected chi connectivity index (χ4v) is 5.21. The van der Waals surface area contributed by atoms with E-state index in [0.717, 1.165) is 19.4 Å². The highest BCUT2D eigenvalue weighted by atomic mass is 16.2. The maximum absolute atomic E-state index is 12.4. The van der Waals surface area contributed by atoms with E-state index < -0.39 is 0 Å². The molecule has 2 nitrogen and oxygen atoms in total. The van der Waals surface area contributed by atoms with Crippen molar-refractivity contribution in [3.8, 4) is 0 Å². The van der Waals surface area contributed by atoms with E-state index in [4.69, 9.17) is 0 Å². The van der Waals surface area contributed by atoms with E-state index >= 15 is 0 Å². The molecule has 0 aromatic heterocycles. The summed E-state index contributed by atoms with van der Waals surface area (Å²) in [4.78, 5) is 14.3. The second-order valence-electron chi connectivity index (χ2n) is 11.7. The Hall–Kier alpha value is -0.790. The van der Waals surface area contributed by atoms with Gasteiger partial charge in [-0.25, -0.2) is 0 Å². The van der Waals surface area contributed by atoms with E-state index in [-0.39, 0.29) is 0 Å². The molecule has 0 fully saturated rings. The first kappa shape index (κ1) is 36.2. The highest BCUT2D eigenvalue weighted by Gasteiger charge is 2.07. The molecule has 0 bridgehead atoms. The first-order valence-corrected chi connectivity index (χ1v) is 17.1. The zero-order valence-corrected chi connectivity index (χ0v) is 26.0. The minimum absolute atomic E-state index is 0.354. The third-order valence-corrected chi connectivity index (χ3v) is 7.93. The molecule has 0 N–H and O–H groups in total. The lowest BCUT2D eigenvalue weighted by Crippen LogP contribution is -2.27. The number of rotatable bonds is 30. The summed E-state index contributed by atoms with van der Waals surface area (Å²) in [5.74, 6) is 0.354. The van der Waals surface area contributed by atoms with Crippen LogP contribution in [0, 0.1) is 0 Å². The number of allylic oxidation sites excluding steroid dienone is 2. The molecule has 0 saturated heterocycles. The molecule has 0 aliphatic rings. The minimum atomic E-state index is 0.354.